The summed E-state index contributed by atoms with van der Waals surface area (Å²) in [5.41, 5.74) is -2.39. The normalized spacial score (nSPS) is 23.7. The number of alkyl halides is 3. The van der Waals surface area contributed by atoms with Crippen LogP contribution in [-0.2, 0) is 10.0 Å². The van der Waals surface area contributed by atoms with Gasteiger partial charge >= 0.3 is 6.18 Å². The van der Waals surface area contributed by atoms with Crippen molar-refractivity contribution in [3.63, 3.8) is 0 Å². The first-order valence-corrected chi connectivity index (χ1v) is 7.89. The molecule has 1 fully saturated rings. The summed E-state index contributed by atoms with van der Waals surface area (Å²) in [4.78, 5) is -0.207. The fourth-order valence-electron chi connectivity index (χ4n) is 2.32. The number of methoxy groups -OCH3 is 1. The number of hydrogen-bond acceptors (Lipinski definition) is 4. The van der Waals surface area contributed by atoms with E-state index in [9.17, 15) is 26.7 Å². The highest BCUT2D eigenvalue weighted by Crippen LogP contribution is 2.40. The standard InChI is InChI=1S/C13H16F3NO4S/c1-9-3-4-10(21-2)11(7-9)22(19,20)17-6-5-12(18,8-17)13(14,15)16/h3-4,7,18H,5-6,8H2,1-2H3/t12-/m1/s1. The second-order valence-corrected chi connectivity index (χ2v) is 7.18. The second-order valence-electron chi connectivity index (χ2n) is 5.27. The zero-order valence-corrected chi connectivity index (χ0v) is 12.8. The molecule has 0 radical (unpaired) electrons. The first kappa shape index (κ1) is 17.0. The quantitative estimate of drug-likeness (QED) is 0.910. The Labute approximate surface area is 126 Å². The van der Waals surface area contributed by atoms with Crippen LogP contribution < -0.4 is 4.74 Å². The van der Waals surface area contributed by atoms with Gasteiger partial charge in [-0.1, -0.05) is 6.07 Å². The van der Waals surface area contributed by atoms with E-state index in [2.05, 4.69) is 0 Å². The number of sulfonamides is 1. The Bertz CT molecular complexity index is 674. The molecule has 0 amide bonds. The van der Waals surface area contributed by atoms with E-state index in [4.69, 9.17) is 4.74 Å². The average Bonchev–Trinajstić information content (AvgIpc) is 2.83. The summed E-state index contributed by atoms with van der Waals surface area (Å²) in [6.07, 6.45) is -5.57. The zero-order chi connectivity index (χ0) is 16.8. The Morgan fingerprint density at radius 2 is 2.00 bits per heavy atom. The Morgan fingerprint density at radius 3 is 2.50 bits per heavy atom. The third kappa shape index (κ3) is 2.80. The van der Waals surface area contributed by atoms with Crippen LogP contribution in [0.4, 0.5) is 13.2 Å². The van der Waals surface area contributed by atoms with Crippen LogP contribution in [0, 0.1) is 6.92 Å². The molecule has 1 aliphatic heterocycles. The van der Waals surface area contributed by atoms with Crippen LogP contribution in [0.25, 0.3) is 0 Å². The molecule has 0 unspecified atom stereocenters. The van der Waals surface area contributed by atoms with Gasteiger partial charge in [-0.2, -0.15) is 17.5 Å². The van der Waals surface area contributed by atoms with Crippen LogP contribution in [0.5, 0.6) is 5.75 Å². The lowest BCUT2D eigenvalue weighted by molar-refractivity contribution is -0.252. The van der Waals surface area contributed by atoms with Gasteiger partial charge in [0.2, 0.25) is 10.0 Å². The van der Waals surface area contributed by atoms with Gasteiger partial charge in [-0.25, -0.2) is 8.42 Å². The highest BCUT2D eigenvalue weighted by molar-refractivity contribution is 7.89. The topological polar surface area (TPSA) is 66.8 Å². The average molecular weight is 339 g/mol. The van der Waals surface area contributed by atoms with E-state index in [0.29, 0.717) is 9.87 Å². The molecular weight excluding hydrogens is 323 g/mol. The van der Waals surface area contributed by atoms with Gasteiger partial charge in [-0.3, -0.25) is 0 Å². The molecule has 5 nitrogen and oxygen atoms in total. The van der Waals surface area contributed by atoms with Gasteiger partial charge in [0.1, 0.15) is 10.6 Å². The maximum atomic E-state index is 12.8. The molecule has 9 heteroatoms. The Hall–Kier alpha value is -1.32. The number of rotatable bonds is 3. The van der Waals surface area contributed by atoms with Crippen molar-refractivity contribution < 1.29 is 31.4 Å². The predicted molar refractivity (Wildman–Crippen MR) is 72.1 cm³/mol. The van der Waals surface area contributed by atoms with E-state index >= 15 is 0 Å². The lowest BCUT2D eigenvalue weighted by Gasteiger charge is -2.26. The van der Waals surface area contributed by atoms with Crippen LogP contribution in [0.2, 0.25) is 0 Å². The Kier molecular flexibility index (Phi) is 4.18. The minimum Gasteiger partial charge on any atom is -0.495 e. The van der Waals surface area contributed by atoms with E-state index in [1.54, 1.807) is 13.0 Å². The van der Waals surface area contributed by atoms with Crippen molar-refractivity contribution in [2.45, 2.75) is 30.0 Å². The monoisotopic (exact) mass is 339 g/mol. The fraction of sp³-hybridized carbons (Fsp3) is 0.538. The van der Waals surface area contributed by atoms with E-state index in [0.717, 1.165) is 0 Å². The highest BCUT2D eigenvalue weighted by Gasteiger charge is 2.59. The molecule has 124 valence electrons. The number of aryl methyl sites for hydroxylation is 1. The van der Waals surface area contributed by atoms with Gasteiger partial charge in [0.25, 0.3) is 0 Å². The smallest absolute Gasteiger partial charge is 0.418 e. The van der Waals surface area contributed by atoms with Gasteiger partial charge in [-0.15, -0.1) is 0 Å². The molecule has 1 saturated heterocycles. The van der Waals surface area contributed by atoms with E-state index in [1.807, 2.05) is 0 Å². The predicted octanol–water partition coefficient (Wildman–Crippen LogP) is 1.69. The van der Waals surface area contributed by atoms with Gasteiger partial charge in [-0.05, 0) is 24.6 Å². The molecule has 1 N–H and O–H groups in total. The number of β-amino-alcohol motifs (C(OH)–C–C–N with tert-alkyl or cyclic N) is 1. The fourth-order valence-corrected chi connectivity index (χ4v) is 4.05. The lowest BCUT2D eigenvalue weighted by atomic mass is 10.0. The van der Waals surface area contributed by atoms with Gasteiger partial charge in [0.15, 0.2) is 5.60 Å². The number of hydrogen-bond donors (Lipinski definition) is 1. The third-order valence-electron chi connectivity index (χ3n) is 3.68. The molecule has 0 aromatic heterocycles. The molecule has 1 aliphatic rings. The van der Waals surface area contributed by atoms with Crippen molar-refractivity contribution in [2.75, 3.05) is 20.2 Å². The maximum absolute atomic E-state index is 12.8. The molecule has 1 aromatic rings. The zero-order valence-electron chi connectivity index (χ0n) is 12.0. The molecule has 1 aromatic carbocycles. The summed E-state index contributed by atoms with van der Waals surface area (Å²) in [5.74, 6) is 0.0491. The maximum Gasteiger partial charge on any atom is 0.418 e. The first-order valence-electron chi connectivity index (χ1n) is 6.45. The van der Waals surface area contributed by atoms with Crippen molar-refractivity contribution in [2.24, 2.45) is 0 Å². The highest BCUT2D eigenvalue weighted by atomic mass is 32.2. The van der Waals surface area contributed by atoms with Gasteiger partial charge < -0.3 is 9.84 Å². The molecule has 0 aliphatic carbocycles. The number of aliphatic hydroxyl groups is 1. The van der Waals surface area contributed by atoms with Crippen LogP contribution >= 0.6 is 0 Å². The summed E-state index contributed by atoms with van der Waals surface area (Å²) in [6, 6.07) is 4.40. The van der Waals surface area contributed by atoms with Gasteiger partial charge in [0, 0.05) is 13.0 Å². The molecule has 2 rings (SSSR count). The minimum absolute atomic E-state index is 0.0491. The summed E-state index contributed by atoms with van der Waals surface area (Å²) in [7, 11) is -2.91. The largest absolute Gasteiger partial charge is 0.495 e. The van der Waals surface area contributed by atoms with Crippen LogP contribution in [0.1, 0.15) is 12.0 Å². The van der Waals surface area contributed by atoms with Crippen LogP contribution in [0.3, 0.4) is 0 Å². The summed E-state index contributed by atoms with van der Waals surface area (Å²) in [5, 5.41) is 9.63. The van der Waals surface area contributed by atoms with E-state index in [1.165, 1.54) is 19.2 Å². The molecular formula is C13H16F3NO4S. The Balaban J connectivity index is 2.40. The summed E-state index contributed by atoms with van der Waals surface area (Å²) >= 11 is 0. The molecule has 0 spiro atoms. The number of benzene rings is 1. The molecule has 0 saturated carbocycles. The first-order chi connectivity index (χ1) is 10.0. The van der Waals surface area contributed by atoms with Crippen molar-refractivity contribution >= 4 is 10.0 Å². The number of ether oxygens (including phenoxy) is 1. The molecule has 1 atom stereocenters. The Morgan fingerprint density at radius 1 is 1.36 bits per heavy atom. The molecule has 22 heavy (non-hydrogen) atoms. The third-order valence-corrected chi connectivity index (χ3v) is 5.54. The number of nitrogens with zero attached hydrogens (tertiary/aromatic N) is 1. The second kappa shape index (κ2) is 5.39. The van der Waals surface area contributed by atoms with E-state index in [-0.39, 0.29) is 10.6 Å². The van der Waals surface area contributed by atoms with Crippen molar-refractivity contribution in [3.8, 4) is 5.75 Å². The van der Waals surface area contributed by atoms with Crippen molar-refractivity contribution in [3.05, 3.63) is 23.8 Å². The van der Waals surface area contributed by atoms with Crippen LogP contribution in [-0.4, -0.2) is 49.8 Å². The molecule has 0 bridgehead atoms. The van der Waals surface area contributed by atoms with Crippen molar-refractivity contribution in [1.29, 1.82) is 0 Å². The van der Waals surface area contributed by atoms with Crippen molar-refractivity contribution in [1.82, 2.24) is 4.31 Å². The summed E-state index contributed by atoms with van der Waals surface area (Å²) < 4.78 is 69.2. The van der Waals surface area contributed by atoms with Gasteiger partial charge in [0.05, 0.1) is 13.7 Å². The van der Waals surface area contributed by atoms with E-state index < -0.39 is 41.3 Å². The van der Waals surface area contributed by atoms with Crippen LogP contribution in [0.15, 0.2) is 23.1 Å². The lowest BCUT2D eigenvalue weighted by Crippen LogP contribution is -2.48. The SMILES string of the molecule is COc1ccc(C)cc1S(=O)(=O)N1CC[C@](O)(C(F)(F)F)C1. The number of halogens is 3. The minimum atomic E-state index is -4.88. The molecule has 1 heterocycles. The summed E-state index contributed by atoms with van der Waals surface area (Å²) in [6.45, 7) is 0.236.